The molecular weight excluding hydrogens is 1030 g/mol. The standard InChI is InChI=1S/C49H91N9O16S2/c1-47(2,3)10-14-64-16-18-66-20-22-68-24-26-70-28-30-72-31-29-71-27-25-69-23-21-67-19-17-65-15-13-58-35-40(55-57-58)36-73-46(63)51-12-11-50-42(59)32-52-43(60)33-53-44(61)34-54-45(62)37-74-56-41(38-75-48(4,5)6)39-76-49(7,8)9/h35H,10-34,36-39H2,1-9H3,(H,50,59)(H,51,63)(H,52,60)(H,53,61)(H,54,62). The third kappa shape index (κ3) is 48.5. The van der Waals surface area contributed by atoms with Crippen LogP contribution in [0.2, 0.25) is 0 Å². The van der Waals surface area contributed by atoms with Gasteiger partial charge in [-0.1, -0.05) is 72.7 Å². The van der Waals surface area contributed by atoms with Gasteiger partial charge in [0, 0.05) is 40.7 Å². The average Bonchev–Trinajstić information content (AvgIpc) is 3.81. The Morgan fingerprint density at radius 1 is 0.513 bits per heavy atom. The third-order valence-corrected chi connectivity index (χ3v) is 11.8. The summed E-state index contributed by atoms with van der Waals surface area (Å²) in [5, 5.41) is 24.3. The van der Waals surface area contributed by atoms with Crippen molar-refractivity contribution in [1.82, 2.24) is 41.6 Å². The van der Waals surface area contributed by atoms with Crippen molar-refractivity contribution >= 4 is 59.0 Å². The second kappa shape index (κ2) is 44.0. The van der Waals surface area contributed by atoms with Crippen molar-refractivity contribution in [2.45, 2.75) is 91.4 Å². The Kier molecular flexibility index (Phi) is 40.6. The van der Waals surface area contributed by atoms with Crippen LogP contribution in [-0.4, -0.2) is 230 Å². The lowest BCUT2D eigenvalue weighted by Gasteiger charge is -2.20. The second-order valence-electron chi connectivity index (χ2n) is 19.7. The van der Waals surface area contributed by atoms with E-state index < -0.39 is 36.3 Å². The molecule has 0 aromatic carbocycles. The van der Waals surface area contributed by atoms with Crippen molar-refractivity contribution in [2.75, 3.05) is 170 Å². The number of ether oxygens (including phenoxy) is 10. The van der Waals surface area contributed by atoms with Gasteiger partial charge in [-0.25, -0.2) is 9.48 Å². The lowest BCUT2D eigenvalue weighted by atomic mass is 9.93. The zero-order valence-electron chi connectivity index (χ0n) is 46.7. The topological polar surface area (TPSA) is 290 Å². The van der Waals surface area contributed by atoms with E-state index in [-0.39, 0.29) is 54.3 Å². The predicted octanol–water partition coefficient (Wildman–Crippen LogP) is 1.99. The number of nitrogens with one attached hydrogen (secondary N) is 5. The summed E-state index contributed by atoms with van der Waals surface area (Å²) < 4.78 is 56.5. The van der Waals surface area contributed by atoms with Gasteiger partial charge in [0.2, 0.25) is 17.7 Å². The van der Waals surface area contributed by atoms with Gasteiger partial charge >= 0.3 is 6.09 Å². The van der Waals surface area contributed by atoms with Gasteiger partial charge in [0.25, 0.3) is 5.91 Å². The van der Waals surface area contributed by atoms with Gasteiger partial charge in [0.1, 0.15) is 12.3 Å². The van der Waals surface area contributed by atoms with Gasteiger partial charge in [-0.15, -0.1) is 28.6 Å². The summed E-state index contributed by atoms with van der Waals surface area (Å²) in [4.78, 5) is 65.9. The van der Waals surface area contributed by atoms with Crippen molar-refractivity contribution < 1.29 is 76.2 Å². The molecule has 1 aromatic rings. The highest BCUT2D eigenvalue weighted by atomic mass is 32.2. The van der Waals surface area contributed by atoms with E-state index in [9.17, 15) is 24.0 Å². The molecule has 0 atom stereocenters. The number of oxime groups is 1. The minimum Gasteiger partial charge on any atom is -0.443 e. The van der Waals surface area contributed by atoms with E-state index in [0.29, 0.717) is 136 Å². The molecular formula is C49H91N9O16S2. The molecule has 0 aliphatic heterocycles. The van der Waals surface area contributed by atoms with Gasteiger partial charge in [-0.3, -0.25) is 19.2 Å². The first-order valence-electron chi connectivity index (χ1n) is 25.7. The Morgan fingerprint density at radius 2 is 0.895 bits per heavy atom. The van der Waals surface area contributed by atoms with Crippen molar-refractivity contribution in [3.63, 3.8) is 0 Å². The minimum absolute atomic E-state index is 0.0376. The summed E-state index contributed by atoms with van der Waals surface area (Å²) >= 11 is 3.45. The number of aromatic nitrogens is 3. The van der Waals surface area contributed by atoms with E-state index in [1.807, 2.05) is 0 Å². The number of alkyl carbamates (subject to hydrolysis) is 1. The molecule has 1 aromatic heterocycles. The Balaban J connectivity index is 1.94. The fourth-order valence-electron chi connectivity index (χ4n) is 5.12. The fourth-order valence-corrected chi connectivity index (χ4v) is 6.76. The van der Waals surface area contributed by atoms with E-state index in [2.05, 4.69) is 104 Å². The first kappa shape index (κ1) is 70.1. The van der Waals surface area contributed by atoms with Crippen molar-refractivity contribution in [2.24, 2.45) is 10.6 Å². The monoisotopic (exact) mass is 1130 g/mol. The van der Waals surface area contributed by atoms with Crippen molar-refractivity contribution in [1.29, 1.82) is 0 Å². The normalized spacial score (nSPS) is 11.8. The van der Waals surface area contributed by atoms with Crippen LogP contribution >= 0.6 is 23.5 Å². The summed E-state index contributed by atoms with van der Waals surface area (Å²) in [6, 6.07) is 0. The Hall–Kier alpha value is -3.90. The highest BCUT2D eigenvalue weighted by molar-refractivity contribution is 8.02. The van der Waals surface area contributed by atoms with Crippen LogP contribution in [0.25, 0.3) is 0 Å². The van der Waals surface area contributed by atoms with Crippen LogP contribution in [0.3, 0.4) is 0 Å². The number of carbonyl (C=O) groups is 5. The lowest BCUT2D eigenvalue weighted by Crippen LogP contribution is -2.45. The van der Waals surface area contributed by atoms with Gasteiger partial charge < -0.3 is 78.8 Å². The number of carbonyl (C=O) groups excluding carboxylic acids is 5. The van der Waals surface area contributed by atoms with Crippen LogP contribution in [-0.2, 0) is 84.5 Å². The summed E-state index contributed by atoms with van der Waals surface area (Å²) in [5.74, 6) is -0.986. The highest BCUT2D eigenvalue weighted by Gasteiger charge is 2.18. The molecule has 0 unspecified atom stereocenters. The van der Waals surface area contributed by atoms with Crippen LogP contribution in [0, 0.1) is 5.41 Å². The SMILES string of the molecule is CC(C)(C)CCOCCOCCOCCOCCOCCOCCOCCOCCOCCn1cc(COC(=O)NCCNC(=O)CNC(=O)CNC(=O)CNC(=O)CON=C(CSC(C)(C)C)CSC(C)(C)C)nn1. The zero-order valence-corrected chi connectivity index (χ0v) is 48.4. The Morgan fingerprint density at radius 3 is 1.32 bits per heavy atom. The molecule has 0 aliphatic rings. The molecule has 440 valence electrons. The molecule has 1 heterocycles. The molecule has 0 radical (unpaired) electrons. The molecule has 0 spiro atoms. The molecule has 1 rings (SSSR count). The average molecular weight is 1130 g/mol. The molecule has 0 bridgehead atoms. The third-order valence-electron chi connectivity index (χ3n) is 9.16. The molecule has 0 aliphatic carbocycles. The number of rotatable bonds is 47. The minimum atomic E-state index is -0.725. The second-order valence-corrected chi connectivity index (χ2v) is 23.3. The molecule has 25 nitrogen and oxygen atoms in total. The van der Waals surface area contributed by atoms with Crippen LogP contribution in [0.4, 0.5) is 4.79 Å². The molecule has 5 N–H and O–H groups in total. The first-order valence-corrected chi connectivity index (χ1v) is 27.7. The zero-order chi connectivity index (χ0) is 56.2. The van der Waals surface area contributed by atoms with Gasteiger partial charge in [0.05, 0.1) is 150 Å². The van der Waals surface area contributed by atoms with Crippen LogP contribution in [0.5, 0.6) is 0 Å². The molecule has 76 heavy (non-hydrogen) atoms. The number of nitrogens with zero attached hydrogens (tertiary/aromatic N) is 4. The number of hydrogen-bond acceptors (Lipinski definition) is 21. The van der Waals surface area contributed by atoms with E-state index in [0.717, 1.165) is 18.7 Å². The molecule has 0 fully saturated rings. The van der Waals surface area contributed by atoms with Gasteiger partial charge in [0.15, 0.2) is 6.61 Å². The van der Waals surface area contributed by atoms with Crippen molar-refractivity contribution in [3.05, 3.63) is 11.9 Å². The number of amides is 5. The van der Waals surface area contributed by atoms with E-state index in [1.54, 1.807) is 34.4 Å². The summed E-state index contributed by atoms with van der Waals surface area (Å²) in [7, 11) is 0. The quantitative estimate of drug-likeness (QED) is 0.0354. The van der Waals surface area contributed by atoms with E-state index >= 15 is 0 Å². The maximum Gasteiger partial charge on any atom is 0.407 e. The number of hydrogen-bond donors (Lipinski definition) is 5. The number of thioether (sulfide) groups is 2. The Labute approximate surface area is 458 Å². The molecule has 0 saturated heterocycles. The smallest absolute Gasteiger partial charge is 0.407 e. The van der Waals surface area contributed by atoms with Crippen molar-refractivity contribution in [3.8, 4) is 0 Å². The molecule has 0 saturated carbocycles. The van der Waals surface area contributed by atoms with Crippen LogP contribution < -0.4 is 26.6 Å². The van der Waals surface area contributed by atoms with Crippen LogP contribution in [0.1, 0.15) is 74.4 Å². The largest absolute Gasteiger partial charge is 0.443 e. The predicted molar refractivity (Wildman–Crippen MR) is 290 cm³/mol. The summed E-state index contributed by atoms with van der Waals surface area (Å²) in [6.07, 6.45) is 1.93. The first-order chi connectivity index (χ1) is 36.2. The van der Waals surface area contributed by atoms with Gasteiger partial charge in [-0.2, -0.15) is 0 Å². The van der Waals surface area contributed by atoms with E-state index in [1.165, 1.54) is 0 Å². The molecule has 27 heteroatoms. The van der Waals surface area contributed by atoms with E-state index in [4.69, 9.17) is 52.2 Å². The molecule has 5 amide bonds. The maximum atomic E-state index is 12.2. The highest BCUT2D eigenvalue weighted by Crippen LogP contribution is 2.27. The van der Waals surface area contributed by atoms with Crippen LogP contribution in [0.15, 0.2) is 11.4 Å². The summed E-state index contributed by atoms with van der Waals surface area (Å²) in [6.45, 7) is 27.0. The fraction of sp³-hybridized carbons (Fsp3) is 0.837. The maximum absolute atomic E-state index is 12.2. The lowest BCUT2D eigenvalue weighted by molar-refractivity contribution is -0.130. The summed E-state index contributed by atoms with van der Waals surface area (Å²) in [5.41, 5.74) is 1.53. The van der Waals surface area contributed by atoms with Gasteiger partial charge in [-0.05, 0) is 11.8 Å². The Bertz CT molecular complexity index is 1710.